The fourth-order valence-electron chi connectivity index (χ4n) is 2.61. The normalized spacial score (nSPS) is 12.6. The molecule has 0 bridgehead atoms. The Kier molecular flexibility index (Phi) is 6.08. The van der Waals surface area contributed by atoms with Crippen LogP contribution in [0.3, 0.4) is 0 Å². The van der Waals surface area contributed by atoms with Crippen molar-refractivity contribution in [1.29, 1.82) is 0 Å². The molecule has 0 unspecified atom stereocenters. The van der Waals surface area contributed by atoms with Crippen LogP contribution < -0.4 is 0 Å². The van der Waals surface area contributed by atoms with Gasteiger partial charge in [0.25, 0.3) is 0 Å². The first-order valence-corrected chi connectivity index (χ1v) is 12.7. The molecular formula is C17H15Cl2Zr. The van der Waals surface area contributed by atoms with Crippen LogP contribution in [0.25, 0.3) is 6.08 Å². The van der Waals surface area contributed by atoms with Gasteiger partial charge in [-0.05, 0) is 36.1 Å². The molecule has 0 fully saturated rings. The van der Waals surface area contributed by atoms with Gasteiger partial charge in [0, 0.05) is 0 Å². The molecular weight excluding hydrogens is 366 g/mol. The fraction of sp³-hybridized carbons (Fsp3) is 0.118. The van der Waals surface area contributed by atoms with E-state index in [2.05, 4.69) is 68.5 Å². The van der Waals surface area contributed by atoms with Crippen LogP contribution in [-0.4, -0.2) is 0 Å². The fourth-order valence-corrected chi connectivity index (χ4v) is 2.61. The zero-order chi connectivity index (χ0) is 14.5. The van der Waals surface area contributed by atoms with E-state index in [1.165, 1.54) is 33.7 Å². The SMILES string of the molecule is Cc1cc(C)c2c(c1)C=C[C]2c1ccccc1.[Cl][Zr][Cl]. The van der Waals surface area contributed by atoms with Gasteiger partial charge >= 0.3 is 37.9 Å². The Hall–Kier alpha value is -0.357. The summed E-state index contributed by atoms with van der Waals surface area (Å²) in [7, 11) is 9.87. The van der Waals surface area contributed by atoms with Crippen molar-refractivity contribution in [2.45, 2.75) is 13.8 Å². The van der Waals surface area contributed by atoms with E-state index >= 15 is 0 Å². The quantitative estimate of drug-likeness (QED) is 0.596. The Morgan fingerprint density at radius 3 is 2.20 bits per heavy atom. The van der Waals surface area contributed by atoms with Crippen molar-refractivity contribution in [3.63, 3.8) is 0 Å². The second-order valence-electron chi connectivity index (χ2n) is 4.73. The van der Waals surface area contributed by atoms with E-state index in [0.29, 0.717) is 0 Å². The van der Waals surface area contributed by atoms with Gasteiger partial charge in [0.1, 0.15) is 0 Å². The molecule has 0 heterocycles. The Balaban J connectivity index is 0.000000452. The molecule has 0 nitrogen and oxygen atoms in total. The van der Waals surface area contributed by atoms with E-state index in [9.17, 15) is 0 Å². The number of benzene rings is 2. The van der Waals surface area contributed by atoms with Crippen molar-refractivity contribution in [2.24, 2.45) is 0 Å². The summed E-state index contributed by atoms with van der Waals surface area (Å²) < 4.78 is 0. The molecule has 0 aliphatic heterocycles. The Labute approximate surface area is 139 Å². The molecule has 3 heteroatoms. The first-order chi connectivity index (χ1) is 9.67. The summed E-state index contributed by atoms with van der Waals surface area (Å²) in [6.45, 7) is 4.35. The van der Waals surface area contributed by atoms with E-state index in [1.54, 1.807) is 0 Å². The molecule has 0 spiro atoms. The van der Waals surface area contributed by atoms with Crippen molar-refractivity contribution in [3.8, 4) is 0 Å². The van der Waals surface area contributed by atoms with Crippen LogP contribution in [-0.2, 0) is 20.8 Å². The summed E-state index contributed by atoms with van der Waals surface area (Å²) >= 11 is -0.826. The minimum absolute atomic E-state index is 0.826. The summed E-state index contributed by atoms with van der Waals surface area (Å²) in [6, 6.07) is 15.1. The van der Waals surface area contributed by atoms with Crippen LogP contribution in [0.5, 0.6) is 0 Å². The number of halogens is 2. The van der Waals surface area contributed by atoms with Crippen molar-refractivity contribution in [3.05, 3.63) is 82.3 Å². The average molecular weight is 381 g/mol. The summed E-state index contributed by atoms with van der Waals surface area (Å²) in [6.07, 6.45) is 4.45. The number of hydrogen-bond donors (Lipinski definition) is 0. The zero-order valence-corrected chi connectivity index (χ0v) is 15.4. The molecule has 0 saturated heterocycles. The molecule has 0 atom stereocenters. The van der Waals surface area contributed by atoms with Crippen molar-refractivity contribution in [1.82, 2.24) is 0 Å². The van der Waals surface area contributed by atoms with E-state index in [1.807, 2.05) is 0 Å². The van der Waals surface area contributed by atoms with Gasteiger partial charge in [0.2, 0.25) is 0 Å². The van der Waals surface area contributed by atoms with Crippen molar-refractivity contribution >= 4 is 23.1 Å². The number of fused-ring (bicyclic) bond motifs is 1. The van der Waals surface area contributed by atoms with Crippen LogP contribution in [0.1, 0.15) is 27.8 Å². The van der Waals surface area contributed by atoms with E-state index in [-0.39, 0.29) is 0 Å². The molecule has 0 amide bonds. The molecule has 1 radical (unpaired) electrons. The van der Waals surface area contributed by atoms with Crippen LogP contribution in [0.15, 0.2) is 48.5 Å². The van der Waals surface area contributed by atoms with Gasteiger partial charge in [0.05, 0.1) is 5.92 Å². The van der Waals surface area contributed by atoms with Crippen molar-refractivity contribution < 1.29 is 20.8 Å². The first kappa shape index (κ1) is 16.0. The van der Waals surface area contributed by atoms with Crippen LogP contribution >= 0.6 is 17.0 Å². The standard InChI is InChI=1S/C17H15.2ClH.Zr/c1-12-10-13(2)17-15(11-12)8-9-16(17)14-6-4-3-5-7-14;;;/h3-11H,1-2H3;2*1H;/q;;;+2/p-2. The first-order valence-electron chi connectivity index (χ1n) is 6.35. The van der Waals surface area contributed by atoms with Gasteiger partial charge in [-0.3, -0.25) is 0 Å². The van der Waals surface area contributed by atoms with Crippen LogP contribution in [0.2, 0.25) is 0 Å². The van der Waals surface area contributed by atoms with Gasteiger partial charge in [-0.1, -0.05) is 60.2 Å². The molecule has 101 valence electrons. The summed E-state index contributed by atoms with van der Waals surface area (Å²) in [5, 5.41) is 0. The monoisotopic (exact) mass is 379 g/mol. The van der Waals surface area contributed by atoms with Gasteiger partial charge in [-0.25, -0.2) is 0 Å². The van der Waals surface area contributed by atoms with Gasteiger partial charge in [-0.2, -0.15) is 0 Å². The summed E-state index contributed by atoms with van der Waals surface area (Å²) in [5.74, 6) is 1.35. The Bertz CT molecular complexity index is 606. The molecule has 2 aromatic rings. The summed E-state index contributed by atoms with van der Waals surface area (Å²) in [5.41, 5.74) is 6.74. The molecule has 1 aliphatic rings. The third kappa shape index (κ3) is 3.64. The molecule has 2 aromatic carbocycles. The van der Waals surface area contributed by atoms with Crippen LogP contribution in [0.4, 0.5) is 0 Å². The maximum atomic E-state index is 4.93. The van der Waals surface area contributed by atoms with Gasteiger partial charge < -0.3 is 0 Å². The molecule has 3 rings (SSSR count). The molecule has 0 saturated carbocycles. The molecule has 0 aromatic heterocycles. The van der Waals surface area contributed by atoms with E-state index < -0.39 is 20.8 Å². The third-order valence-corrected chi connectivity index (χ3v) is 3.29. The maximum absolute atomic E-state index is 4.93. The Morgan fingerprint density at radius 2 is 1.55 bits per heavy atom. The number of rotatable bonds is 1. The predicted octanol–water partition coefficient (Wildman–Crippen LogP) is 5.68. The number of aryl methyl sites for hydroxylation is 2. The second kappa shape index (κ2) is 7.59. The Morgan fingerprint density at radius 1 is 0.900 bits per heavy atom. The topological polar surface area (TPSA) is 0 Å². The minimum atomic E-state index is -0.826. The average Bonchev–Trinajstić information content (AvgIpc) is 2.84. The summed E-state index contributed by atoms with van der Waals surface area (Å²) in [4.78, 5) is 0. The van der Waals surface area contributed by atoms with Crippen molar-refractivity contribution in [2.75, 3.05) is 0 Å². The molecule has 20 heavy (non-hydrogen) atoms. The number of hydrogen-bond acceptors (Lipinski definition) is 0. The van der Waals surface area contributed by atoms with Gasteiger partial charge in [0.15, 0.2) is 0 Å². The van der Waals surface area contributed by atoms with Gasteiger partial charge in [-0.15, -0.1) is 0 Å². The van der Waals surface area contributed by atoms with Crippen LogP contribution in [0, 0.1) is 19.8 Å². The molecule has 1 aliphatic carbocycles. The van der Waals surface area contributed by atoms with E-state index in [0.717, 1.165) is 0 Å². The molecule has 0 N–H and O–H groups in total. The number of allylic oxidation sites excluding steroid dienone is 1. The van der Waals surface area contributed by atoms with E-state index in [4.69, 9.17) is 17.0 Å². The zero-order valence-electron chi connectivity index (χ0n) is 11.5. The second-order valence-corrected chi connectivity index (χ2v) is 8.46. The predicted molar refractivity (Wildman–Crippen MR) is 84.5 cm³/mol. The third-order valence-electron chi connectivity index (χ3n) is 3.29.